The van der Waals surface area contributed by atoms with Gasteiger partial charge >= 0.3 is 0 Å². The third-order valence-electron chi connectivity index (χ3n) is 5.50. The minimum Gasteiger partial charge on any atom is -0.0616 e. The van der Waals surface area contributed by atoms with E-state index in [4.69, 9.17) is 0 Å². The zero-order valence-electron chi connectivity index (χ0n) is 16.8. The number of fused-ring (bicyclic) bond motifs is 5. The summed E-state index contributed by atoms with van der Waals surface area (Å²) in [5.41, 5.74) is 3.17. The molecule has 0 amide bonds. The zero-order chi connectivity index (χ0) is 18.7. The average Bonchev–Trinajstić information content (AvgIpc) is 2.58. The van der Waals surface area contributed by atoms with Gasteiger partial charge in [-0.3, -0.25) is 0 Å². The van der Waals surface area contributed by atoms with Crippen LogP contribution in [0, 0.1) is 0 Å². The topological polar surface area (TPSA) is 0 Å². The Kier molecular flexibility index (Phi) is 3.67. The molecule has 0 heteroatoms. The normalized spacial score (nSPS) is 13.0. The number of hydrogen-bond acceptors (Lipinski definition) is 0. The van der Waals surface area contributed by atoms with E-state index in [0.717, 1.165) is 0 Å². The van der Waals surface area contributed by atoms with Crippen LogP contribution in [0.1, 0.15) is 52.7 Å². The van der Waals surface area contributed by atoms with Crippen LogP contribution in [0.3, 0.4) is 0 Å². The van der Waals surface area contributed by atoms with Crippen LogP contribution in [0.2, 0.25) is 0 Å². The Labute approximate surface area is 156 Å². The fraction of sp³-hybridized carbons (Fsp3) is 0.308. The van der Waals surface area contributed by atoms with E-state index >= 15 is 0 Å². The lowest BCUT2D eigenvalue weighted by Gasteiger charge is -2.31. The lowest BCUT2D eigenvalue weighted by molar-refractivity contribution is 0.531. The quantitative estimate of drug-likeness (QED) is 0.287. The minimum absolute atomic E-state index is 0.121. The Morgan fingerprint density at radius 3 is 1.65 bits per heavy atom. The third-order valence-corrected chi connectivity index (χ3v) is 5.50. The van der Waals surface area contributed by atoms with Gasteiger partial charge in [-0.2, -0.15) is 0 Å². The standard InChI is InChI=1S/C26H28/c1-25(2,3)23-15-18-12-14-20-19-10-8-7-9-17(19)11-13-21(20)22(18)16-24(23)26(4,5)6/h7-16H,1-6H3. The summed E-state index contributed by atoms with van der Waals surface area (Å²) in [6.07, 6.45) is 0. The average molecular weight is 341 g/mol. The highest BCUT2D eigenvalue weighted by atomic mass is 14.3. The van der Waals surface area contributed by atoms with Gasteiger partial charge in [0.2, 0.25) is 0 Å². The van der Waals surface area contributed by atoms with E-state index in [9.17, 15) is 0 Å². The molecule has 0 bridgehead atoms. The maximum absolute atomic E-state index is 2.45. The van der Waals surface area contributed by atoms with Gasteiger partial charge in [-0.05, 0) is 60.3 Å². The molecular formula is C26H28. The van der Waals surface area contributed by atoms with Crippen LogP contribution in [0.4, 0.5) is 0 Å². The molecule has 0 aliphatic rings. The molecule has 0 saturated carbocycles. The van der Waals surface area contributed by atoms with Crippen molar-refractivity contribution in [3.05, 3.63) is 71.8 Å². The van der Waals surface area contributed by atoms with Crippen LogP contribution in [0.5, 0.6) is 0 Å². The second-order valence-corrected chi connectivity index (χ2v) is 9.57. The predicted octanol–water partition coefficient (Wildman–Crippen LogP) is 7.74. The maximum Gasteiger partial charge on any atom is -0.00989 e. The molecule has 0 unspecified atom stereocenters. The van der Waals surface area contributed by atoms with Gasteiger partial charge in [0.15, 0.2) is 0 Å². The summed E-state index contributed by atoms with van der Waals surface area (Å²) in [5, 5.41) is 8.05. The van der Waals surface area contributed by atoms with E-state index < -0.39 is 0 Å². The Morgan fingerprint density at radius 2 is 1.00 bits per heavy atom. The predicted molar refractivity (Wildman–Crippen MR) is 116 cm³/mol. The van der Waals surface area contributed by atoms with E-state index in [-0.39, 0.29) is 10.8 Å². The molecule has 4 aromatic rings. The van der Waals surface area contributed by atoms with E-state index in [2.05, 4.69) is 102 Å². The molecule has 26 heavy (non-hydrogen) atoms. The van der Waals surface area contributed by atoms with E-state index in [1.807, 2.05) is 0 Å². The maximum atomic E-state index is 2.45. The Bertz CT molecular complexity index is 1130. The smallest absolute Gasteiger partial charge is 0.00989 e. The van der Waals surface area contributed by atoms with Crippen LogP contribution in [0.25, 0.3) is 32.3 Å². The van der Waals surface area contributed by atoms with Gasteiger partial charge in [0.25, 0.3) is 0 Å². The van der Waals surface area contributed by atoms with E-state index in [0.29, 0.717) is 0 Å². The molecule has 0 spiro atoms. The van der Waals surface area contributed by atoms with Crippen molar-refractivity contribution < 1.29 is 0 Å². The summed E-state index contributed by atoms with van der Waals surface area (Å²) in [4.78, 5) is 0. The first-order valence-electron chi connectivity index (χ1n) is 9.55. The molecule has 0 nitrogen and oxygen atoms in total. The van der Waals surface area contributed by atoms with Crippen molar-refractivity contribution in [2.45, 2.75) is 52.4 Å². The molecule has 0 radical (unpaired) electrons. The van der Waals surface area contributed by atoms with Crippen LogP contribution in [-0.4, -0.2) is 0 Å². The fourth-order valence-corrected chi connectivity index (χ4v) is 4.11. The van der Waals surface area contributed by atoms with Gasteiger partial charge in [0, 0.05) is 0 Å². The molecule has 4 rings (SSSR count). The summed E-state index contributed by atoms with van der Waals surface area (Å²) in [6, 6.07) is 22.7. The molecule has 0 aromatic heterocycles. The summed E-state index contributed by atoms with van der Waals surface area (Å²) in [5.74, 6) is 0. The number of rotatable bonds is 0. The van der Waals surface area contributed by atoms with Crippen LogP contribution in [0.15, 0.2) is 60.7 Å². The second kappa shape index (κ2) is 5.58. The number of hydrogen-bond donors (Lipinski definition) is 0. The molecule has 0 aliphatic carbocycles. The molecular weight excluding hydrogens is 312 g/mol. The van der Waals surface area contributed by atoms with Crippen LogP contribution < -0.4 is 0 Å². The zero-order valence-corrected chi connectivity index (χ0v) is 16.8. The summed E-state index contributed by atoms with van der Waals surface area (Å²) >= 11 is 0. The molecule has 0 N–H and O–H groups in total. The number of benzene rings is 4. The first-order chi connectivity index (χ1) is 12.2. The molecule has 4 aromatic carbocycles. The molecule has 0 atom stereocenters. The van der Waals surface area contributed by atoms with Gasteiger partial charge in [-0.1, -0.05) is 96.1 Å². The molecule has 0 saturated heterocycles. The van der Waals surface area contributed by atoms with E-state index in [1.54, 1.807) is 0 Å². The molecule has 132 valence electrons. The monoisotopic (exact) mass is 340 g/mol. The lowest BCUT2D eigenvalue weighted by atomic mass is 9.74. The summed E-state index contributed by atoms with van der Waals surface area (Å²) in [6.45, 7) is 13.9. The Morgan fingerprint density at radius 1 is 0.462 bits per heavy atom. The Balaban J connectivity index is 2.16. The lowest BCUT2D eigenvalue weighted by Crippen LogP contribution is -2.21. The third kappa shape index (κ3) is 2.69. The minimum atomic E-state index is 0.121. The fourth-order valence-electron chi connectivity index (χ4n) is 4.11. The largest absolute Gasteiger partial charge is 0.0616 e. The van der Waals surface area contributed by atoms with Crippen LogP contribution in [-0.2, 0) is 10.8 Å². The van der Waals surface area contributed by atoms with Crippen molar-refractivity contribution >= 4 is 32.3 Å². The van der Waals surface area contributed by atoms with Crippen molar-refractivity contribution in [1.82, 2.24) is 0 Å². The van der Waals surface area contributed by atoms with Gasteiger partial charge in [-0.15, -0.1) is 0 Å². The first kappa shape index (κ1) is 17.1. The summed E-state index contributed by atoms with van der Waals surface area (Å²) < 4.78 is 0. The second-order valence-electron chi connectivity index (χ2n) is 9.57. The highest BCUT2D eigenvalue weighted by molar-refractivity contribution is 6.17. The Hall–Kier alpha value is -2.34. The van der Waals surface area contributed by atoms with Crippen molar-refractivity contribution in [2.24, 2.45) is 0 Å². The molecule has 0 heterocycles. The SMILES string of the molecule is CC(C)(C)c1cc2ccc3c4ccccc4ccc3c2cc1C(C)(C)C. The van der Waals surface area contributed by atoms with Gasteiger partial charge < -0.3 is 0 Å². The first-order valence-corrected chi connectivity index (χ1v) is 9.55. The van der Waals surface area contributed by atoms with Gasteiger partial charge in [0.1, 0.15) is 0 Å². The highest BCUT2D eigenvalue weighted by Crippen LogP contribution is 2.39. The van der Waals surface area contributed by atoms with Crippen molar-refractivity contribution in [2.75, 3.05) is 0 Å². The van der Waals surface area contributed by atoms with Crippen LogP contribution >= 0.6 is 0 Å². The van der Waals surface area contributed by atoms with Crippen molar-refractivity contribution in [3.63, 3.8) is 0 Å². The summed E-state index contributed by atoms with van der Waals surface area (Å²) in [7, 11) is 0. The molecule has 0 fully saturated rings. The molecule has 0 aliphatic heterocycles. The van der Waals surface area contributed by atoms with E-state index in [1.165, 1.54) is 43.4 Å². The van der Waals surface area contributed by atoms with Gasteiger partial charge in [0.05, 0.1) is 0 Å². The highest BCUT2D eigenvalue weighted by Gasteiger charge is 2.25. The van der Waals surface area contributed by atoms with Gasteiger partial charge in [-0.25, -0.2) is 0 Å². The van der Waals surface area contributed by atoms with Crippen molar-refractivity contribution in [3.8, 4) is 0 Å². The van der Waals surface area contributed by atoms with Crippen molar-refractivity contribution in [1.29, 1.82) is 0 Å².